The summed E-state index contributed by atoms with van der Waals surface area (Å²) in [7, 11) is 0. The first-order chi connectivity index (χ1) is 12.1. The Bertz CT molecular complexity index is 931. The van der Waals surface area contributed by atoms with Gasteiger partial charge in [-0.1, -0.05) is 66.4 Å². The van der Waals surface area contributed by atoms with Crippen molar-refractivity contribution in [1.82, 2.24) is 15.5 Å². The Morgan fingerprint density at radius 2 is 1.64 bits per heavy atom. The Labute approximate surface area is 148 Å². The lowest BCUT2D eigenvalue weighted by atomic mass is 10.1. The molecule has 126 valence electrons. The average Bonchev–Trinajstić information content (AvgIpc) is 2.62. The Kier molecular flexibility index (Phi) is 4.95. The van der Waals surface area contributed by atoms with Gasteiger partial charge in [-0.2, -0.15) is 0 Å². The van der Waals surface area contributed by atoms with Crippen molar-refractivity contribution in [1.29, 1.82) is 0 Å². The van der Waals surface area contributed by atoms with Crippen LogP contribution in [0.5, 0.6) is 0 Å². The second kappa shape index (κ2) is 7.31. The standard InChI is InChI=1S/C18H16N4O2S/c1-11(16(23)20-18(19)24)25-17-14-10-6-5-9-13(14)15(21-22-17)12-7-3-2-4-8-12/h2-11H,1H3,(H3,19,20,23,24)/t11-/m0/s1. The zero-order valence-electron chi connectivity index (χ0n) is 13.5. The van der Waals surface area contributed by atoms with E-state index in [2.05, 4.69) is 15.5 Å². The topological polar surface area (TPSA) is 98.0 Å². The smallest absolute Gasteiger partial charge is 0.318 e. The second-order valence-electron chi connectivity index (χ2n) is 5.38. The number of fused-ring (bicyclic) bond motifs is 1. The quantitative estimate of drug-likeness (QED) is 0.704. The van der Waals surface area contributed by atoms with E-state index in [4.69, 9.17) is 5.73 Å². The minimum Gasteiger partial charge on any atom is -0.351 e. The summed E-state index contributed by atoms with van der Waals surface area (Å²) in [6.07, 6.45) is 0. The number of primary amides is 1. The summed E-state index contributed by atoms with van der Waals surface area (Å²) in [6, 6.07) is 16.7. The lowest BCUT2D eigenvalue weighted by Gasteiger charge is -2.12. The molecule has 2 aromatic carbocycles. The number of imide groups is 1. The van der Waals surface area contributed by atoms with Crippen LogP contribution in [0.4, 0.5) is 4.79 Å². The SMILES string of the molecule is C[C@H](Sc1nnc(-c2ccccc2)c2ccccc12)C(=O)NC(N)=O. The maximum Gasteiger partial charge on any atom is 0.318 e. The summed E-state index contributed by atoms with van der Waals surface area (Å²) in [4.78, 5) is 22.7. The van der Waals surface area contributed by atoms with Gasteiger partial charge in [0.2, 0.25) is 5.91 Å². The van der Waals surface area contributed by atoms with Gasteiger partial charge < -0.3 is 5.73 Å². The van der Waals surface area contributed by atoms with Gasteiger partial charge in [0.1, 0.15) is 10.7 Å². The average molecular weight is 352 g/mol. The molecule has 25 heavy (non-hydrogen) atoms. The van der Waals surface area contributed by atoms with Crippen molar-refractivity contribution in [2.45, 2.75) is 17.2 Å². The summed E-state index contributed by atoms with van der Waals surface area (Å²) in [5.41, 5.74) is 6.75. The molecule has 6 nitrogen and oxygen atoms in total. The molecule has 1 heterocycles. The molecule has 1 aromatic heterocycles. The van der Waals surface area contributed by atoms with E-state index < -0.39 is 17.2 Å². The summed E-state index contributed by atoms with van der Waals surface area (Å²) < 4.78 is 0. The predicted octanol–water partition coefficient (Wildman–Crippen LogP) is 2.97. The number of amides is 3. The van der Waals surface area contributed by atoms with Gasteiger partial charge in [-0.3, -0.25) is 10.1 Å². The molecule has 0 aliphatic heterocycles. The Morgan fingerprint density at radius 1 is 1.00 bits per heavy atom. The van der Waals surface area contributed by atoms with E-state index >= 15 is 0 Å². The number of nitrogens with two attached hydrogens (primary N) is 1. The lowest BCUT2D eigenvalue weighted by Crippen LogP contribution is -2.39. The van der Waals surface area contributed by atoms with Crippen LogP contribution in [0.3, 0.4) is 0 Å². The van der Waals surface area contributed by atoms with Crippen LogP contribution in [0.15, 0.2) is 59.6 Å². The van der Waals surface area contributed by atoms with E-state index in [1.165, 1.54) is 11.8 Å². The predicted molar refractivity (Wildman–Crippen MR) is 98.0 cm³/mol. The number of nitrogens with one attached hydrogen (secondary N) is 1. The summed E-state index contributed by atoms with van der Waals surface area (Å²) in [5, 5.41) is 12.7. The van der Waals surface area contributed by atoms with E-state index in [1.807, 2.05) is 54.6 Å². The first-order valence-electron chi connectivity index (χ1n) is 7.64. The van der Waals surface area contributed by atoms with Crippen molar-refractivity contribution >= 4 is 34.5 Å². The van der Waals surface area contributed by atoms with Crippen LogP contribution in [0.2, 0.25) is 0 Å². The van der Waals surface area contributed by atoms with E-state index in [0.29, 0.717) is 5.03 Å². The van der Waals surface area contributed by atoms with Crippen molar-refractivity contribution in [3.05, 3.63) is 54.6 Å². The van der Waals surface area contributed by atoms with Crippen LogP contribution in [-0.4, -0.2) is 27.4 Å². The minimum atomic E-state index is -0.868. The van der Waals surface area contributed by atoms with Crippen LogP contribution in [0.25, 0.3) is 22.0 Å². The van der Waals surface area contributed by atoms with Crippen molar-refractivity contribution in [2.24, 2.45) is 5.73 Å². The molecule has 3 N–H and O–H groups in total. The maximum atomic E-state index is 11.9. The monoisotopic (exact) mass is 352 g/mol. The molecule has 0 spiro atoms. The number of aromatic nitrogens is 2. The number of hydrogen-bond donors (Lipinski definition) is 2. The molecule has 3 rings (SSSR count). The summed E-state index contributed by atoms with van der Waals surface area (Å²) in [5.74, 6) is -0.462. The number of urea groups is 1. The Balaban J connectivity index is 1.99. The molecule has 0 fully saturated rings. The normalized spacial score (nSPS) is 11.9. The van der Waals surface area contributed by atoms with Crippen LogP contribution in [-0.2, 0) is 4.79 Å². The van der Waals surface area contributed by atoms with Gasteiger partial charge >= 0.3 is 6.03 Å². The lowest BCUT2D eigenvalue weighted by molar-refractivity contribution is -0.119. The molecule has 1 atom stereocenters. The van der Waals surface area contributed by atoms with Gasteiger partial charge in [-0.05, 0) is 6.92 Å². The zero-order valence-corrected chi connectivity index (χ0v) is 14.3. The molecule has 3 amide bonds. The van der Waals surface area contributed by atoms with E-state index in [-0.39, 0.29) is 0 Å². The van der Waals surface area contributed by atoms with Gasteiger partial charge in [0.15, 0.2) is 0 Å². The highest BCUT2D eigenvalue weighted by atomic mass is 32.2. The number of nitrogens with zero attached hydrogens (tertiary/aromatic N) is 2. The third kappa shape index (κ3) is 3.77. The van der Waals surface area contributed by atoms with Crippen LogP contribution < -0.4 is 11.1 Å². The number of rotatable bonds is 4. The fourth-order valence-electron chi connectivity index (χ4n) is 2.42. The second-order valence-corrected chi connectivity index (χ2v) is 6.71. The van der Waals surface area contributed by atoms with Gasteiger partial charge in [-0.25, -0.2) is 4.79 Å². The molecule has 0 saturated carbocycles. The van der Waals surface area contributed by atoms with Gasteiger partial charge in [0, 0.05) is 16.3 Å². The summed E-state index contributed by atoms with van der Waals surface area (Å²) in [6.45, 7) is 1.69. The number of carbonyl (C=O) groups is 2. The highest BCUT2D eigenvalue weighted by molar-refractivity contribution is 8.00. The van der Waals surface area contributed by atoms with Crippen LogP contribution >= 0.6 is 11.8 Å². The molecular weight excluding hydrogens is 336 g/mol. The Morgan fingerprint density at radius 3 is 2.32 bits per heavy atom. The van der Waals surface area contributed by atoms with Gasteiger partial charge in [0.25, 0.3) is 0 Å². The molecule has 0 aliphatic carbocycles. The third-order valence-corrected chi connectivity index (χ3v) is 4.70. The fourth-order valence-corrected chi connectivity index (χ4v) is 3.31. The molecule has 7 heteroatoms. The van der Waals surface area contributed by atoms with Crippen molar-refractivity contribution < 1.29 is 9.59 Å². The number of hydrogen-bond acceptors (Lipinski definition) is 5. The zero-order chi connectivity index (χ0) is 17.8. The minimum absolute atomic E-state index is 0.462. The van der Waals surface area contributed by atoms with Crippen molar-refractivity contribution in [2.75, 3.05) is 0 Å². The first kappa shape index (κ1) is 16.9. The highest BCUT2D eigenvalue weighted by Crippen LogP contribution is 2.33. The Hall–Kier alpha value is -2.93. The van der Waals surface area contributed by atoms with Gasteiger partial charge in [-0.15, -0.1) is 10.2 Å². The summed E-state index contributed by atoms with van der Waals surface area (Å²) >= 11 is 1.23. The molecular formula is C18H16N4O2S. The van der Waals surface area contributed by atoms with Crippen LogP contribution in [0.1, 0.15) is 6.92 Å². The molecule has 0 bridgehead atoms. The maximum absolute atomic E-state index is 11.9. The third-order valence-electron chi connectivity index (χ3n) is 3.60. The van der Waals surface area contributed by atoms with Crippen molar-refractivity contribution in [3.63, 3.8) is 0 Å². The van der Waals surface area contributed by atoms with Crippen LogP contribution in [0, 0.1) is 0 Å². The molecule has 3 aromatic rings. The fraction of sp³-hybridized carbons (Fsp3) is 0.111. The number of thioether (sulfide) groups is 1. The van der Waals surface area contributed by atoms with Crippen molar-refractivity contribution in [3.8, 4) is 11.3 Å². The number of benzene rings is 2. The molecule has 0 unspecified atom stereocenters. The molecule has 0 radical (unpaired) electrons. The highest BCUT2D eigenvalue weighted by Gasteiger charge is 2.19. The van der Waals surface area contributed by atoms with E-state index in [9.17, 15) is 9.59 Å². The molecule has 0 aliphatic rings. The van der Waals surface area contributed by atoms with Gasteiger partial charge in [0.05, 0.1) is 5.25 Å². The van der Waals surface area contributed by atoms with E-state index in [0.717, 1.165) is 22.0 Å². The van der Waals surface area contributed by atoms with E-state index in [1.54, 1.807) is 6.92 Å². The number of carbonyl (C=O) groups excluding carboxylic acids is 2. The largest absolute Gasteiger partial charge is 0.351 e. The first-order valence-corrected chi connectivity index (χ1v) is 8.52. The molecule has 0 saturated heterocycles.